The number of nitrogens with zero attached hydrogens (tertiary/aromatic N) is 1. The Morgan fingerprint density at radius 1 is 1.47 bits per heavy atom. The highest BCUT2D eigenvalue weighted by Gasteiger charge is 2.37. The average Bonchev–Trinajstić information content (AvgIpc) is 2.29. The molecular formula is C10H7BrF5NO2. The molecule has 1 heterocycles. The van der Waals surface area contributed by atoms with E-state index in [1.54, 1.807) is 0 Å². The number of pyridine rings is 1. The van der Waals surface area contributed by atoms with E-state index in [1.165, 1.54) is 0 Å². The molecule has 19 heavy (non-hydrogen) atoms. The first kappa shape index (κ1) is 15.8. The van der Waals surface area contributed by atoms with Gasteiger partial charge in [-0.3, -0.25) is 4.79 Å². The van der Waals surface area contributed by atoms with E-state index in [9.17, 15) is 26.7 Å². The summed E-state index contributed by atoms with van der Waals surface area (Å²) >= 11 is 2.77. The lowest BCUT2D eigenvalue weighted by Gasteiger charge is -2.14. The second-order valence-corrected chi connectivity index (χ2v) is 4.26. The van der Waals surface area contributed by atoms with Crippen molar-refractivity contribution in [3.63, 3.8) is 0 Å². The Kier molecular flexibility index (Phi) is 4.83. The van der Waals surface area contributed by atoms with Crippen LogP contribution in [-0.2, 0) is 22.1 Å². The number of carbonyl (C=O) groups excluding carboxylic acids is 1. The van der Waals surface area contributed by atoms with Crippen molar-refractivity contribution in [2.75, 3.05) is 7.11 Å². The summed E-state index contributed by atoms with van der Waals surface area (Å²) in [6, 6.07) is 0.479. The van der Waals surface area contributed by atoms with Gasteiger partial charge in [0.15, 0.2) is 0 Å². The van der Waals surface area contributed by atoms with Gasteiger partial charge in [-0.2, -0.15) is 13.2 Å². The number of hydrogen-bond acceptors (Lipinski definition) is 3. The lowest BCUT2D eigenvalue weighted by atomic mass is 10.1. The first-order valence-corrected chi connectivity index (χ1v) is 5.57. The Morgan fingerprint density at radius 3 is 2.47 bits per heavy atom. The molecule has 0 saturated heterocycles. The van der Waals surface area contributed by atoms with Crippen molar-refractivity contribution in [3.05, 3.63) is 27.5 Å². The third kappa shape index (κ3) is 3.85. The quantitative estimate of drug-likeness (QED) is 0.620. The van der Waals surface area contributed by atoms with E-state index >= 15 is 0 Å². The molecule has 9 heteroatoms. The van der Waals surface area contributed by atoms with Crippen LogP contribution in [0.4, 0.5) is 22.0 Å². The van der Waals surface area contributed by atoms with Gasteiger partial charge in [-0.15, -0.1) is 0 Å². The van der Waals surface area contributed by atoms with Gasteiger partial charge >= 0.3 is 12.1 Å². The third-order valence-corrected chi connectivity index (χ3v) is 2.82. The highest BCUT2D eigenvalue weighted by Crippen LogP contribution is 2.37. The summed E-state index contributed by atoms with van der Waals surface area (Å²) in [5.41, 5.74) is -3.19. The van der Waals surface area contributed by atoms with Crippen molar-refractivity contribution in [2.24, 2.45) is 0 Å². The van der Waals surface area contributed by atoms with Crippen LogP contribution in [0, 0.1) is 0 Å². The smallest absolute Gasteiger partial charge is 0.418 e. The molecule has 0 amide bonds. The SMILES string of the molecule is COC(=O)Cc1nc(C(F)F)c(C(F)(F)F)cc1Br. The maximum atomic E-state index is 12.6. The third-order valence-electron chi connectivity index (χ3n) is 2.13. The molecule has 0 N–H and O–H groups in total. The minimum absolute atomic E-state index is 0.186. The van der Waals surface area contributed by atoms with Crippen LogP contribution in [0.1, 0.15) is 23.4 Å². The summed E-state index contributed by atoms with van der Waals surface area (Å²) in [5.74, 6) is -0.798. The van der Waals surface area contributed by atoms with Crippen LogP contribution < -0.4 is 0 Å². The van der Waals surface area contributed by atoms with E-state index in [0.29, 0.717) is 6.07 Å². The second-order valence-electron chi connectivity index (χ2n) is 3.40. The van der Waals surface area contributed by atoms with E-state index in [1.807, 2.05) is 0 Å². The van der Waals surface area contributed by atoms with Crippen LogP contribution in [0.3, 0.4) is 0 Å². The Hall–Kier alpha value is -1.25. The molecule has 0 saturated carbocycles. The molecule has 0 unspecified atom stereocenters. The molecular weight excluding hydrogens is 341 g/mol. The van der Waals surface area contributed by atoms with Crippen LogP contribution in [0.5, 0.6) is 0 Å². The predicted octanol–water partition coefficient (Wildman–Crippen LogP) is 3.52. The zero-order valence-electron chi connectivity index (χ0n) is 9.39. The lowest BCUT2D eigenvalue weighted by molar-refractivity contribution is -0.140. The molecule has 0 spiro atoms. The first-order chi connectivity index (χ1) is 8.66. The minimum atomic E-state index is -4.95. The number of esters is 1. The number of carbonyl (C=O) groups is 1. The molecule has 3 nitrogen and oxygen atoms in total. The van der Waals surface area contributed by atoms with Crippen molar-refractivity contribution in [1.29, 1.82) is 0 Å². The fourth-order valence-electron chi connectivity index (χ4n) is 1.27. The molecule has 0 aliphatic heterocycles. The highest BCUT2D eigenvalue weighted by molar-refractivity contribution is 9.10. The van der Waals surface area contributed by atoms with E-state index in [2.05, 4.69) is 25.7 Å². The van der Waals surface area contributed by atoms with Crippen LogP contribution in [-0.4, -0.2) is 18.1 Å². The normalized spacial score (nSPS) is 11.8. The Balaban J connectivity index is 3.33. The second kappa shape index (κ2) is 5.81. The average molecular weight is 348 g/mol. The molecule has 0 radical (unpaired) electrons. The van der Waals surface area contributed by atoms with Gasteiger partial charge in [0.2, 0.25) is 0 Å². The summed E-state index contributed by atoms with van der Waals surface area (Å²) in [5, 5.41) is 0. The van der Waals surface area contributed by atoms with Gasteiger partial charge in [0, 0.05) is 4.47 Å². The highest BCUT2D eigenvalue weighted by atomic mass is 79.9. The van der Waals surface area contributed by atoms with Gasteiger partial charge in [0.1, 0.15) is 5.69 Å². The molecule has 0 fully saturated rings. The van der Waals surface area contributed by atoms with Crippen molar-refractivity contribution >= 4 is 21.9 Å². The van der Waals surface area contributed by atoms with Crippen molar-refractivity contribution in [1.82, 2.24) is 4.98 Å². The number of aromatic nitrogens is 1. The molecule has 0 atom stereocenters. The monoisotopic (exact) mass is 347 g/mol. The fourth-order valence-corrected chi connectivity index (χ4v) is 1.73. The van der Waals surface area contributed by atoms with E-state index in [0.717, 1.165) is 7.11 Å². The van der Waals surface area contributed by atoms with Gasteiger partial charge in [-0.05, 0) is 22.0 Å². The van der Waals surface area contributed by atoms with Crippen LogP contribution in [0.2, 0.25) is 0 Å². The Bertz CT molecular complexity index is 490. The number of methoxy groups -OCH3 is 1. The van der Waals surface area contributed by atoms with Gasteiger partial charge in [-0.25, -0.2) is 13.8 Å². The van der Waals surface area contributed by atoms with Gasteiger partial charge in [0.25, 0.3) is 6.43 Å². The Morgan fingerprint density at radius 2 is 2.05 bits per heavy atom. The van der Waals surface area contributed by atoms with Crippen LogP contribution >= 0.6 is 15.9 Å². The number of ether oxygens (including phenoxy) is 1. The molecule has 106 valence electrons. The van der Waals surface area contributed by atoms with E-state index < -0.39 is 36.2 Å². The lowest BCUT2D eigenvalue weighted by Crippen LogP contribution is -2.15. The summed E-state index contributed by atoms with van der Waals surface area (Å²) in [7, 11) is 1.06. The van der Waals surface area contributed by atoms with Crippen molar-refractivity contribution < 1.29 is 31.5 Å². The fraction of sp³-hybridized carbons (Fsp3) is 0.400. The van der Waals surface area contributed by atoms with Gasteiger partial charge in [0.05, 0.1) is 24.8 Å². The summed E-state index contributed by atoms with van der Waals surface area (Å²) in [6.07, 6.45) is -8.86. The number of halogens is 6. The molecule has 1 aromatic heterocycles. The maximum absolute atomic E-state index is 12.6. The topological polar surface area (TPSA) is 39.2 Å². The standard InChI is InChI=1S/C10H7BrF5NO2/c1-19-7(18)3-6-5(11)2-4(10(14,15)16)8(17-6)9(12)13/h2,9H,3H2,1H3. The number of rotatable bonds is 3. The van der Waals surface area contributed by atoms with E-state index in [-0.39, 0.29) is 10.2 Å². The van der Waals surface area contributed by atoms with E-state index in [4.69, 9.17) is 0 Å². The molecule has 0 aliphatic rings. The van der Waals surface area contributed by atoms with Gasteiger partial charge in [-0.1, -0.05) is 0 Å². The predicted molar refractivity (Wildman–Crippen MR) is 57.6 cm³/mol. The van der Waals surface area contributed by atoms with Crippen molar-refractivity contribution in [3.8, 4) is 0 Å². The van der Waals surface area contributed by atoms with Crippen LogP contribution in [0.15, 0.2) is 10.5 Å². The molecule has 0 bridgehead atoms. The number of alkyl halides is 5. The maximum Gasteiger partial charge on any atom is 0.418 e. The molecule has 1 aromatic rings. The number of hydrogen-bond donors (Lipinski definition) is 0. The van der Waals surface area contributed by atoms with Gasteiger partial charge < -0.3 is 4.74 Å². The Labute approximate surface area is 112 Å². The molecule has 0 aliphatic carbocycles. The molecule has 1 rings (SSSR count). The largest absolute Gasteiger partial charge is 0.469 e. The summed E-state index contributed by atoms with van der Waals surface area (Å²) < 4.78 is 67.0. The van der Waals surface area contributed by atoms with Crippen LogP contribution in [0.25, 0.3) is 0 Å². The minimum Gasteiger partial charge on any atom is -0.469 e. The van der Waals surface area contributed by atoms with Crippen molar-refractivity contribution in [2.45, 2.75) is 19.0 Å². The zero-order valence-corrected chi connectivity index (χ0v) is 11.0. The first-order valence-electron chi connectivity index (χ1n) is 4.78. The summed E-state index contributed by atoms with van der Waals surface area (Å²) in [4.78, 5) is 14.2. The zero-order chi connectivity index (χ0) is 14.8. The summed E-state index contributed by atoms with van der Waals surface area (Å²) in [6.45, 7) is 0. The molecule has 0 aromatic carbocycles.